The van der Waals surface area contributed by atoms with E-state index in [9.17, 15) is 9.59 Å². The van der Waals surface area contributed by atoms with E-state index in [1.54, 1.807) is 12.2 Å². The molecule has 0 bridgehead atoms. The number of nitrogens with zero attached hydrogens (tertiary/aromatic N) is 2. The second-order valence-electron chi connectivity index (χ2n) is 6.23. The fraction of sp³-hybridized carbons (Fsp3) is 0.368. The molecule has 1 unspecified atom stereocenters. The molecule has 6 heteroatoms. The Morgan fingerprint density at radius 3 is 2.84 bits per heavy atom. The summed E-state index contributed by atoms with van der Waals surface area (Å²) in [5.74, 6) is 0.477. The van der Waals surface area contributed by atoms with E-state index in [1.807, 2.05) is 32.9 Å². The lowest BCUT2D eigenvalue weighted by Crippen LogP contribution is -2.33. The molecule has 1 aromatic rings. The number of aliphatic imine (C=N–C) groups is 1. The van der Waals surface area contributed by atoms with Gasteiger partial charge >= 0.3 is 0 Å². The number of hydrogen-bond acceptors (Lipinski definition) is 4. The third kappa shape index (κ3) is 3.68. The van der Waals surface area contributed by atoms with Crippen molar-refractivity contribution in [3.05, 3.63) is 52.6 Å². The third-order valence-corrected chi connectivity index (χ3v) is 4.51. The molecule has 1 aliphatic carbocycles. The summed E-state index contributed by atoms with van der Waals surface area (Å²) in [5, 5.41) is 6.73. The van der Waals surface area contributed by atoms with Gasteiger partial charge in [0, 0.05) is 29.7 Å². The molecular weight excluding hydrogens is 318 g/mol. The average Bonchev–Trinajstić information content (AvgIpc) is 2.90. The Hall–Kier alpha value is -2.76. The second-order valence-corrected chi connectivity index (χ2v) is 6.23. The predicted molar refractivity (Wildman–Crippen MR) is 94.0 cm³/mol. The van der Waals surface area contributed by atoms with Crippen LogP contribution in [0.25, 0.3) is 0 Å². The van der Waals surface area contributed by atoms with Crippen molar-refractivity contribution in [2.75, 3.05) is 0 Å². The summed E-state index contributed by atoms with van der Waals surface area (Å²) in [4.78, 5) is 28.1. The zero-order valence-electron chi connectivity index (χ0n) is 14.6. The van der Waals surface area contributed by atoms with Crippen molar-refractivity contribution in [2.24, 2.45) is 10.9 Å². The van der Waals surface area contributed by atoms with E-state index in [-0.39, 0.29) is 17.7 Å². The van der Waals surface area contributed by atoms with Crippen LogP contribution in [0.3, 0.4) is 0 Å². The number of aryl methyl sites for hydroxylation is 2. The Morgan fingerprint density at radius 1 is 1.36 bits per heavy atom. The summed E-state index contributed by atoms with van der Waals surface area (Å²) in [7, 11) is 0. The minimum absolute atomic E-state index is 0.0686. The predicted octanol–water partition coefficient (Wildman–Crippen LogP) is 2.73. The van der Waals surface area contributed by atoms with Crippen molar-refractivity contribution >= 4 is 17.5 Å². The van der Waals surface area contributed by atoms with Crippen LogP contribution in [-0.2, 0) is 16.0 Å². The molecule has 0 aromatic carbocycles. The largest absolute Gasteiger partial charge is 0.361 e. The number of carbonyl (C=O) groups is 2. The average molecular weight is 339 g/mol. The minimum atomic E-state index is -0.205. The molecule has 0 fully saturated rings. The lowest BCUT2D eigenvalue weighted by Gasteiger charge is -2.26. The summed E-state index contributed by atoms with van der Waals surface area (Å²) >= 11 is 0. The van der Waals surface area contributed by atoms with Gasteiger partial charge in [0.05, 0.1) is 11.4 Å². The van der Waals surface area contributed by atoms with E-state index >= 15 is 0 Å². The molecule has 2 heterocycles. The van der Waals surface area contributed by atoms with Gasteiger partial charge in [0.15, 0.2) is 0 Å². The van der Waals surface area contributed by atoms with Crippen LogP contribution in [0.4, 0.5) is 0 Å². The zero-order valence-corrected chi connectivity index (χ0v) is 14.6. The van der Waals surface area contributed by atoms with Gasteiger partial charge in [-0.05, 0) is 38.8 Å². The van der Waals surface area contributed by atoms with Crippen molar-refractivity contribution in [3.8, 4) is 0 Å². The first kappa shape index (κ1) is 17.1. The molecule has 1 aromatic heterocycles. The van der Waals surface area contributed by atoms with Crippen LogP contribution in [0.2, 0.25) is 0 Å². The molecule has 2 aliphatic rings. The van der Waals surface area contributed by atoms with E-state index in [4.69, 9.17) is 4.52 Å². The van der Waals surface area contributed by atoms with E-state index < -0.39 is 0 Å². The molecule has 130 valence electrons. The smallest absolute Gasteiger partial charge is 0.248 e. The molecule has 25 heavy (non-hydrogen) atoms. The molecule has 1 atom stereocenters. The molecule has 1 N–H and O–H groups in total. The number of rotatable bonds is 4. The van der Waals surface area contributed by atoms with Gasteiger partial charge in [0.1, 0.15) is 5.76 Å². The highest BCUT2D eigenvalue weighted by Crippen LogP contribution is 2.28. The molecule has 0 saturated heterocycles. The van der Waals surface area contributed by atoms with E-state index in [0.29, 0.717) is 18.6 Å². The molecule has 3 rings (SSSR count). The minimum Gasteiger partial charge on any atom is -0.361 e. The Balaban J connectivity index is 1.70. The number of aromatic nitrogens is 1. The molecular formula is C19H21N3O3. The number of hydrogen-bond donors (Lipinski definition) is 1. The van der Waals surface area contributed by atoms with Gasteiger partial charge in [-0.25, -0.2) is 4.99 Å². The Bertz CT molecular complexity index is 821. The molecule has 6 nitrogen and oxygen atoms in total. The van der Waals surface area contributed by atoms with E-state index in [0.717, 1.165) is 34.7 Å². The number of allylic oxidation sites excluding steroid dienone is 3. The highest BCUT2D eigenvalue weighted by atomic mass is 16.5. The first-order valence-electron chi connectivity index (χ1n) is 8.42. The molecule has 0 radical (unpaired) electrons. The van der Waals surface area contributed by atoms with Crippen LogP contribution in [0.5, 0.6) is 0 Å². The van der Waals surface area contributed by atoms with Gasteiger partial charge in [0.25, 0.3) is 0 Å². The number of fused-ring (bicyclic) bond motifs is 1. The number of amides is 2. The van der Waals surface area contributed by atoms with Gasteiger partial charge in [-0.2, -0.15) is 0 Å². The Labute approximate surface area is 146 Å². The normalized spacial score (nSPS) is 20.8. The molecule has 2 amide bonds. The number of nitrogens with one attached hydrogen (secondary N) is 1. The highest BCUT2D eigenvalue weighted by Gasteiger charge is 2.25. The summed E-state index contributed by atoms with van der Waals surface area (Å²) < 4.78 is 5.10. The van der Waals surface area contributed by atoms with Gasteiger partial charge < -0.3 is 9.84 Å². The van der Waals surface area contributed by atoms with Crippen molar-refractivity contribution in [1.29, 1.82) is 0 Å². The van der Waals surface area contributed by atoms with Gasteiger partial charge in [0.2, 0.25) is 11.8 Å². The van der Waals surface area contributed by atoms with Crippen LogP contribution < -0.4 is 5.32 Å². The van der Waals surface area contributed by atoms with Crippen molar-refractivity contribution in [1.82, 2.24) is 10.5 Å². The van der Waals surface area contributed by atoms with Crippen LogP contribution in [-0.4, -0.2) is 22.7 Å². The van der Waals surface area contributed by atoms with E-state index in [2.05, 4.69) is 15.5 Å². The fourth-order valence-electron chi connectivity index (χ4n) is 3.15. The maximum Gasteiger partial charge on any atom is 0.248 e. The standard InChI is InChI=1S/C19H21N3O3/c1-4-13-9-19(24)21-17-10-14(5-6-16(13)17)20-18(23)8-7-15-11(2)22-25-12(15)3/h5-6,9-10,16H,4,7-8H2,1-3H3,(H,21,24). The lowest BCUT2D eigenvalue weighted by atomic mass is 9.86. The van der Waals surface area contributed by atoms with E-state index in [1.165, 1.54) is 0 Å². The van der Waals surface area contributed by atoms with Crippen LogP contribution in [0, 0.1) is 19.8 Å². The van der Waals surface area contributed by atoms with Crippen LogP contribution >= 0.6 is 0 Å². The lowest BCUT2D eigenvalue weighted by molar-refractivity contribution is -0.118. The van der Waals surface area contributed by atoms with Crippen molar-refractivity contribution in [2.45, 2.75) is 40.0 Å². The van der Waals surface area contributed by atoms with Crippen LogP contribution in [0.15, 0.2) is 45.1 Å². The molecule has 1 aliphatic heterocycles. The first-order valence-corrected chi connectivity index (χ1v) is 8.42. The highest BCUT2D eigenvalue weighted by molar-refractivity contribution is 6.11. The first-order chi connectivity index (χ1) is 12.0. The maximum absolute atomic E-state index is 12.2. The molecule has 0 saturated carbocycles. The summed E-state index contributed by atoms with van der Waals surface area (Å²) in [6.45, 7) is 5.73. The van der Waals surface area contributed by atoms with Crippen LogP contribution in [0.1, 0.15) is 36.8 Å². The monoisotopic (exact) mass is 339 g/mol. The summed E-state index contributed by atoms with van der Waals surface area (Å²) in [6.07, 6.45) is 8.89. The van der Waals surface area contributed by atoms with Crippen molar-refractivity contribution < 1.29 is 14.1 Å². The second kappa shape index (κ2) is 7.01. The van der Waals surface area contributed by atoms with Crippen molar-refractivity contribution in [3.63, 3.8) is 0 Å². The zero-order chi connectivity index (χ0) is 18.0. The summed E-state index contributed by atoms with van der Waals surface area (Å²) in [6, 6.07) is 0. The summed E-state index contributed by atoms with van der Waals surface area (Å²) in [5.41, 5.74) is 4.18. The number of carbonyl (C=O) groups excluding carboxylic acids is 2. The SMILES string of the molecule is CCC1=CC(=O)NC2=CC(=NC(=O)CCc3c(C)noc3C)C=CC12. The van der Waals surface area contributed by atoms with Gasteiger partial charge in [-0.3, -0.25) is 9.59 Å². The van der Waals surface area contributed by atoms with Gasteiger partial charge in [-0.1, -0.05) is 23.7 Å². The maximum atomic E-state index is 12.2. The third-order valence-electron chi connectivity index (χ3n) is 4.51. The Morgan fingerprint density at radius 2 is 2.16 bits per heavy atom. The topological polar surface area (TPSA) is 84.6 Å². The fourth-order valence-corrected chi connectivity index (χ4v) is 3.15. The Kier molecular flexibility index (Phi) is 4.79. The van der Waals surface area contributed by atoms with Gasteiger partial charge in [-0.15, -0.1) is 0 Å². The quantitative estimate of drug-likeness (QED) is 0.914. The molecule has 0 spiro atoms.